The second-order valence-corrected chi connectivity index (χ2v) is 10.6. The third kappa shape index (κ3) is 4.42. The van der Waals surface area contributed by atoms with Crippen LogP contribution >= 0.6 is 0 Å². The fraction of sp³-hybridized carbons (Fsp3) is 0.333. The highest BCUT2D eigenvalue weighted by molar-refractivity contribution is 5.96. The molecule has 1 heterocycles. The first-order chi connectivity index (χ1) is 17.6. The van der Waals surface area contributed by atoms with E-state index in [1.807, 2.05) is 10.9 Å². The minimum atomic E-state index is -0.570. The Morgan fingerprint density at radius 1 is 1.19 bits per heavy atom. The van der Waals surface area contributed by atoms with Crippen LogP contribution in [0.1, 0.15) is 60.8 Å². The summed E-state index contributed by atoms with van der Waals surface area (Å²) in [6.07, 6.45) is 6.45. The van der Waals surface area contributed by atoms with Gasteiger partial charge in [0, 0.05) is 12.0 Å². The van der Waals surface area contributed by atoms with Crippen molar-refractivity contribution < 1.29 is 18.3 Å². The zero-order valence-electron chi connectivity index (χ0n) is 21.4. The van der Waals surface area contributed by atoms with E-state index in [2.05, 4.69) is 36.9 Å². The van der Waals surface area contributed by atoms with E-state index in [1.54, 1.807) is 31.2 Å². The summed E-state index contributed by atoms with van der Waals surface area (Å²) in [5, 5.41) is 7.31. The number of benzene rings is 2. The van der Waals surface area contributed by atoms with Gasteiger partial charge >= 0.3 is 0 Å². The van der Waals surface area contributed by atoms with Crippen LogP contribution in [-0.2, 0) is 17.8 Å². The average Bonchev–Trinajstić information content (AvgIpc) is 3.38. The van der Waals surface area contributed by atoms with E-state index in [1.165, 1.54) is 23.8 Å². The highest BCUT2D eigenvalue weighted by atomic mass is 19.1. The third-order valence-corrected chi connectivity index (χ3v) is 7.98. The molecule has 1 aromatic heterocycles. The number of aromatic nitrogens is 2. The second kappa shape index (κ2) is 9.38. The first-order valence-electron chi connectivity index (χ1n) is 12.5. The molecule has 7 heteroatoms. The van der Waals surface area contributed by atoms with E-state index in [0.717, 1.165) is 41.8 Å². The van der Waals surface area contributed by atoms with Crippen LogP contribution in [0, 0.1) is 17.0 Å². The standard InChI is InChI=1S/C30H31F2N3O2/c1-19(2)16-33-28(36)27-20(6-5-7-25(27)32)18-37-30(4)13-12-22-14-26-21(15-29(22,30)3)17-34-35(26)24-10-8-23(31)9-11-24/h5-11,14,17H,1,12-13,15-16,18H2,2-4H3,(H,33,36)/t29-,30-/m0/s1. The molecule has 1 saturated carbocycles. The summed E-state index contributed by atoms with van der Waals surface area (Å²) in [4.78, 5) is 12.7. The molecule has 3 aromatic rings. The minimum Gasteiger partial charge on any atom is -0.370 e. The number of carbonyl (C=O) groups excluding carboxylic acids is 1. The van der Waals surface area contributed by atoms with Crippen LogP contribution in [0.2, 0.25) is 0 Å². The molecule has 5 nitrogen and oxygen atoms in total. The number of nitrogens with zero attached hydrogens (tertiary/aromatic N) is 2. The normalized spacial score (nSPS) is 22.2. The summed E-state index contributed by atoms with van der Waals surface area (Å²) in [5.74, 6) is -1.33. The molecule has 2 aliphatic rings. The summed E-state index contributed by atoms with van der Waals surface area (Å²) in [7, 11) is 0. The molecule has 0 spiro atoms. The Hall–Kier alpha value is -3.58. The number of fused-ring (bicyclic) bond motifs is 2. The molecule has 0 bridgehead atoms. The summed E-state index contributed by atoms with van der Waals surface area (Å²) < 4.78 is 36.6. The van der Waals surface area contributed by atoms with Gasteiger partial charge in [-0.1, -0.05) is 36.8 Å². The summed E-state index contributed by atoms with van der Waals surface area (Å²) >= 11 is 0. The lowest BCUT2D eigenvalue weighted by atomic mass is 9.68. The van der Waals surface area contributed by atoms with Gasteiger partial charge in [-0.2, -0.15) is 5.10 Å². The Morgan fingerprint density at radius 3 is 2.68 bits per heavy atom. The highest BCUT2D eigenvalue weighted by Crippen LogP contribution is 2.57. The molecule has 0 aliphatic heterocycles. The molecule has 0 saturated heterocycles. The van der Waals surface area contributed by atoms with Crippen molar-refractivity contribution in [3.8, 4) is 5.69 Å². The van der Waals surface area contributed by atoms with Crippen molar-refractivity contribution in [3.05, 3.63) is 100 Å². The first kappa shape index (κ1) is 25.1. The number of hydrogen-bond donors (Lipinski definition) is 1. The molecule has 5 rings (SSSR count). The molecule has 0 radical (unpaired) electrons. The molecule has 1 fully saturated rings. The number of nitrogens with one attached hydrogen (secondary N) is 1. The molecule has 37 heavy (non-hydrogen) atoms. The van der Waals surface area contributed by atoms with Crippen LogP contribution in [0.15, 0.2) is 66.4 Å². The maximum atomic E-state index is 14.7. The van der Waals surface area contributed by atoms with Crippen LogP contribution in [0.4, 0.5) is 8.78 Å². The predicted octanol–water partition coefficient (Wildman–Crippen LogP) is 6.17. The minimum absolute atomic E-state index is 0.0118. The fourth-order valence-electron chi connectivity index (χ4n) is 5.54. The van der Waals surface area contributed by atoms with Gasteiger partial charge in [-0.15, -0.1) is 0 Å². The lowest BCUT2D eigenvalue weighted by Crippen LogP contribution is -2.45. The molecule has 0 unspecified atom stereocenters. The zero-order valence-corrected chi connectivity index (χ0v) is 21.4. The molecule has 1 amide bonds. The van der Waals surface area contributed by atoms with E-state index >= 15 is 0 Å². The van der Waals surface area contributed by atoms with Crippen molar-refractivity contribution in [2.75, 3.05) is 6.54 Å². The summed E-state index contributed by atoms with van der Waals surface area (Å²) in [6, 6.07) is 10.9. The number of amides is 1. The van der Waals surface area contributed by atoms with Gasteiger partial charge in [0.1, 0.15) is 11.6 Å². The monoisotopic (exact) mass is 503 g/mol. The average molecular weight is 504 g/mol. The Kier molecular flexibility index (Phi) is 6.36. The molecule has 2 aliphatic carbocycles. The van der Waals surface area contributed by atoms with Gasteiger partial charge in [0.2, 0.25) is 0 Å². The Balaban J connectivity index is 1.39. The molecule has 2 atom stereocenters. The Morgan fingerprint density at radius 2 is 1.95 bits per heavy atom. The van der Waals surface area contributed by atoms with Gasteiger partial charge in [0.15, 0.2) is 0 Å². The highest BCUT2D eigenvalue weighted by Gasteiger charge is 2.54. The quantitative estimate of drug-likeness (QED) is 0.392. The van der Waals surface area contributed by atoms with Crippen LogP contribution in [0.5, 0.6) is 0 Å². The van der Waals surface area contributed by atoms with E-state index < -0.39 is 17.3 Å². The van der Waals surface area contributed by atoms with E-state index in [0.29, 0.717) is 5.56 Å². The molecule has 1 N–H and O–H groups in total. The summed E-state index contributed by atoms with van der Waals surface area (Å²) in [6.45, 7) is 10.3. The SMILES string of the molecule is C=C(C)CNC(=O)c1c(F)cccc1CO[C@@]1(C)CCC2=Cc3c(cnn3-c3ccc(F)cc3)C[C@@]21C. The smallest absolute Gasteiger partial charge is 0.254 e. The van der Waals surface area contributed by atoms with Gasteiger partial charge < -0.3 is 10.1 Å². The molecule has 192 valence electrons. The maximum absolute atomic E-state index is 14.7. The van der Waals surface area contributed by atoms with Crippen molar-refractivity contribution >= 4 is 12.0 Å². The molecular formula is C30H31F2N3O2. The number of hydrogen-bond acceptors (Lipinski definition) is 3. The maximum Gasteiger partial charge on any atom is 0.254 e. The largest absolute Gasteiger partial charge is 0.370 e. The predicted molar refractivity (Wildman–Crippen MR) is 139 cm³/mol. The van der Waals surface area contributed by atoms with Crippen molar-refractivity contribution in [3.63, 3.8) is 0 Å². The van der Waals surface area contributed by atoms with Gasteiger partial charge in [-0.3, -0.25) is 4.79 Å². The first-order valence-corrected chi connectivity index (χ1v) is 12.5. The number of rotatable bonds is 7. The van der Waals surface area contributed by atoms with Crippen LogP contribution in [-0.4, -0.2) is 27.8 Å². The molecular weight excluding hydrogens is 472 g/mol. The second-order valence-electron chi connectivity index (χ2n) is 10.6. The van der Waals surface area contributed by atoms with E-state index in [9.17, 15) is 13.6 Å². The van der Waals surface area contributed by atoms with Crippen LogP contribution in [0.25, 0.3) is 11.8 Å². The lowest BCUT2D eigenvalue weighted by molar-refractivity contribution is -0.0992. The lowest BCUT2D eigenvalue weighted by Gasteiger charge is -2.43. The number of carbonyl (C=O) groups is 1. The van der Waals surface area contributed by atoms with E-state index in [-0.39, 0.29) is 29.9 Å². The number of ether oxygens (including phenoxy) is 1. The zero-order chi connectivity index (χ0) is 26.4. The van der Waals surface area contributed by atoms with Crippen molar-refractivity contribution in [1.29, 1.82) is 0 Å². The fourth-order valence-corrected chi connectivity index (χ4v) is 5.54. The molecule has 2 aromatic carbocycles. The van der Waals surface area contributed by atoms with Gasteiger partial charge in [-0.05, 0) is 80.6 Å². The van der Waals surface area contributed by atoms with E-state index in [4.69, 9.17) is 4.74 Å². The topological polar surface area (TPSA) is 56.1 Å². The van der Waals surface area contributed by atoms with Crippen LogP contribution in [0.3, 0.4) is 0 Å². The Labute approximate surface area is 215 Å². The number of halogens is 2. The van der Waals surface area contributed by atoms with Crippen molar-refractivity contribution in [2.45, 2.75) is 52.2 Å². The van der Waals surface area contributed by atoms with Gasteiger partial charge in [-0.25, -0.2) is 13.5 Å². The van der Waals surface area contributed by atoms with Gasteiger partial charge in [0.25, 0.3) is 5.91 Å². The van der Waals surface area contributed by atoms with Gasteiger partial charge in [0.05, 0.1) is 35.3 Å². The van der Waals surface area contributed by atoms with Crippen molar-refractivity contribution in [1.82, 2.24) is 15.1 Å². The Bertz CT molecular complexity index is 1410. The van der Waals surface area contributed by atoms with Crippen LogP contribution < -0.4 is 5.32 Å². The van der Waals surface area contributed by atoms with Crippen molar-refractivity contribution in [2.24, 2.45) is 5.41 Å². The third-order valence-electron chi connectivity index (χ3n) is 7.98. The summed E-state index contributed by atoms with van der Waals surface area (Å²) in [5.41, 5.74) is 4.68.